The highest BCUT2D eigenvalue weighted by Gasteiger charge is 2.27. The molecule has 2 heterocycles. The molecule has 0 saturated heterocycles. The SMILES string of the molecule is CCC(=O)Nc1nc2ccc(NC(=O)CN3C(=O)COc4ccccc43)cc2s1. The van der Waals surface area contributed by atoms with Crippen LogP contribution in [-0.2, 0) is 14.4 Å². The van der Waals surface area contributed by atoms with Crippen molar-refractivity contribution in [3.8, 4) is 5.75 Å². The van der Waals surface area contributed by atoms with Crippen LogP contribution in [0, 0.1) is 0 Å². The van der Waals surface area contributed by atoms with Crippen molar-refractivity contribution in [2.45, 2.75) is 13.3 Å². The Morgan fingerprint density at radius 2 is 2.00 bits per heavy atom. The lowest BCUT2D eigenvalue weighted by molar-refractivity contribution is -0.123. The van der Waals surface area contributed by atoms with Crippen molar-refractivity contribution in [3.63, 3.8) is 0 Å². The van der Waals surface area contributed by atoms with Crippen molar-refractivity contribution in [1.29, 1.82) is 0 Å². The zero-order valence-electron chi connectivity index (χ0n) is 15.6. The number of hydrogen-bond donors (Lipinski definition) is 2. The number of nitrogens with zero attached hydrogens (tertiary/aromatic N) is 2. The van der Waals surface area contributed by atoms with Crippen molar-refractivity contribution in [2.24, 2.45) is 0 Å². The number of hydrogen-bond acceptors (Lipinski definition) is 6. The van der Waals surface area contributed by atoms with Crippen molar-refractivity contribution >= 4 is 55.8 Å². The Hall–Kier alpha value is -3.46. The first-order valence-corrected chi connectivity index (χ1v) is 9.87. The van der Waals surface area contributed by atoms with Gasteiger partial charge in [0.25, 0.3) is 5.91 Å². The van der Waals surface area contributed by atoms with Crippen LogP contribution in [0.2, 0.25) is 0 Å². The molecule has 1 aliphatic heterocycles. The fraction of sp³-hybridized carbons (Fsp3) is 0.200. The van der Waals surface area contributed by atoms with Gasteiger partial charge in [-0.05, 0) is 30.3 Å². The van der Waals surface area contributed by atoms with Gasteiger partial charge in [-0.25, -0.2) is 4.98 Å². The summed E-state index contributed by atoms with van der Waals surface area (Å²) in [4.78, 5) is 42.1. The molecule has 0 fully saturated rings. The smallest absolute Gasteiger partial charge is 0.265 e. The second-order valence-corrected chi connectivity index (χ2v) is 7.42. The van der Waals surface area contributed by atoms with Gasteiger partial charge >= 0.3 is 0 Å². The fourth-order valence-electron chi connectivity index (χ4n) is 2.93. The molecule has 0 bridgehead atoms. The second kappa shape index (κ2) is 7.88. The standard InChI is InChI=1S/C20H18N4O4S/c1-2-17(25)23-20-22-13-8-7-12(9-16(13)29-20)21-18(26)10-24-14-5-3-4-6-15(14)28-11-19(24)27/h3-9H,2,10-11H2,1H3,(H,21,26)(H,22,23,25). The molecular formula is C20H18N4O4S. The first kappa shape index (κ1) is 18.9. The largest absolute Gasteiger partial charge is 0.482 e. The van der Waals surface area contributed by atoms with Crippen LogP contribution >= 0.6 is 11.3 Å². The van der Waals surface area contributed by atoms with Crippen molar-refractivity contribution in [1.82, 2.24) is 4.98 Å². The van der Waals surface area contributed by atoms with Crippen LogP contribution in [0.5, 0.6) is 5.75 Å². The van der Waals surface area contributed by atoms with E-state index in [0.29, 0.717) is 28.7 Å². The van der Waals surface area contributed by atoms with E-state index in [1.54, 1.807) is 43.3 Å². The van der Waals surface area contributed by atoms with Crippen LogP contribution in [0.3, 0.4) is 0 Å². The summed E-state index contributed by atoms with van der Waals surface area (Å²) in [6.45, 7) is 1.56. The van der Waals surface area contributed by atoms with Crippen LogP contribution in [0.25, 0.3) is 10.2 Å². The Balaban J connectivity index is 1.48. The quantitative estimate of drug-likeness (QED) is 0.673. The van der Waals surface area contributed by atoms with Gasteiger partial charge in [-0.15, -0.1) is 0 Å². The molecule has 3 aromatic rings. The molecule has 9 heteroatoms. The molecular weight excluding hydrogens is 392 g/mol. The normalized spacial score (nSPS) is 13.0. The number of anilines is 3. The molecule has 0 atom stereocenters. The maximum atomic E-state index is 12.5. The third-order valence-corrected chi connectivity index (χ3v) is 5.28. The van der Waals surface area contributed by atoms with Gasteiger partial charge in [0.2, 0.25) is 11.8 Å². The maximum Gasteiger partial charge on any atom is 0.265 e. The highest BCUT2D eigenvalue weighted by Crippen LogP contribution is 2.32. The minimum atomic E-state index is -0.321. The first-order valence-electron chi connectivity index (χ1n) is 9.06. The zero-order valence-corrected chi connectivity index (χ0v) is 16.4. The van der Waals surface area contributed by atoms with Crippen LogP contribution in [-0.4, -0.2) is 35.9 Å². The summed E-state index contributed by atoms with van der Waals surface area (Å²) < 4.78 is 6.23. The minimum absolute atomic E-state index is 0.0939. The summed E-state index contributed by atoms with van der Waals surface area (Å²) in [5.41, 5.74) is 1.90. The van der Waals surface area contributed by atoms with Gasteiger partial charge < -0.3 is 15.4 Å². The van der Waals surface area contributed by atoms with Crippen LogP contribution < -0.4 is 20.3 Å². The van der Waals surface area contributed by atoms with Gasteiger partial charge in [0.05, 0.1) is 15.9 Å². The molecule has 3 amide bonds. The highest BCUT2D eigenvalue weighted by atomic mass is 32.1. The Morgan fingerprint density at radius 3 is 2.83 bits per heavy atom. The van der Waals surface area contributed by atoms with E-state index in [-0.39, 0.29) is 30.9 Å². The van der Waals surface area contributed by atoms with E-state index in [1.165, 1.54) is 16.2 Å². The van der Waals surface area contributed by atoms with Gasteiger partial charge in [-0.3, -0.25) is 19.3 Å². The van der Waals surface area contributed by atoms with E-state index in [2.05, 4.69) is 15.6 Å². The van der Waals surface area contributed by atoms with E-state index in [9.17, 15) is 14.4 Å². The number of amides is 3. The number of benzene rings is 2. The van der Waals surface area contributed by atoms with Gasteiger partial charge in [-0.1, -0.05) is 30.4 Å². The van der Waals surface area contributed by atoms with Crippen molar-refractivity contribution in [3.05, 3.63) is 42.5 Å². The molecule has 1 aromatic heterocycles. The summed E-state index contributed by atoms with van der Waals surface area (Å²) in [6, 6.07) is 12.4. The molecule has 29 heavy (non-hydrogen) atoms. The number of thiazole rings is 1. The van der Waals surface area contributed by atoms with Crippen molar-refractivity contribution < 1.29 is 19.1 Å². The number of rotatable bonds is 5. The monoisotopic (exact) mass is 410 g/mol. The molecule has 8 nitrogen and oxygen atoms in total. The summed E-state index contributed by atoms with van der Waals surface area (Å²) in [6.07, 6.45) is 0.376. The Kier molecular flexibility index (Phi) is 5.13. The predicted molar refractivity (Wildman–Crippen MR) is 111 cm³/mol. The molecule has 148 valence electrons. The molecule has 2 N–H and O–H groups in total. The maximum absolute atomic E-state index is 12.5. The zero-order chi connectivity index (χ0) is 20.4. The molecule has 0 aliphatic carbocycles. The van der Waals surface area contributed by atoms with Gasteiger partial charge in [0, 0.05) is 12.1 Å². The number of carbonyl (C=O) groups excluding carboxylic acids is 3. The van der Waals surface area contributed by atoms with E-state index >= 15 is 0 Å². The Bertz CT molecular complexity index is 1110. The molecule has 2 aromatic carbocycles. The number of para-hydroxylation sites is 2. The lowest BCUT2D eigenvalue weighted by Gasteiger charge is -2.28. The van der Waals surface area contributed by atoms with Crippen LogP contribution in [0.15, 0.2) is 42.5 Å². The summed E-state index contributed by atoms with van der Waals surface area (Å²) in [7, 11) is 0. The molecule has 1 aliphatic rings. The third-order valence-electron chi connectivity index (χ3n) is 4.35. The molecule has 0 spiro atoms. The summed E-state index contributed by atoms with van der Waals surface area (Å²) in [5, 5.41) is 6.07. The number of fused-ring (bicyclic) bond motifs is 2. The number of nitrogens with one attached hydrogen (secondary N) is 2. The lowest BCUT2D eigenvalue weighted by atomic mass is 10.2. The summed E-state index contributed by atoms with van der Waals surface area (Å²) in [5.74, 6) is -0.118. The highest BCUT2D eigenvalue weighted by molar-refractivity contribution is 7.22. The van der Waals surface area contributed by atoms with E-state index in [4.69, 9.17) is 4.74 Å². The Morgan fingerprint density at radius 1 is 1.17 bits per heavy atom. The molecule has 0 radical (unpaired) electrons. The molecule has 4 rings (SSSR count). The summed E-state index contributed by atoms with van der Waals surface area (Å²) >= 11 is 1.33. The molecule has 0 unspecified atom stereocenters. The minimum Gasteiger partial charge on any atom is -0.482 e. The lowest BCUT2D eigenvalue weighted by Crippen LogP contribution is -2.43. The van der Waals surface area contributed by atoms with Gasteiger partial charge in [-0.2, -0.15) is 0 Å². The number of aromatic nitrogens is 1. The average molecular weight is 410 g/mol. The van der Waals surface area contributed by atoms with E-state index < -0.39 is 0 Å². The predicted octanol–water partition coefficient (Wildman–Crippen LogP) is 3.01. The van der Waals surface area contributed by atoms with Crippen molar-refractivity contribution in [2.75, 3.05) is 28.7 Å². The van der Waals surface area contributed by atoms with E-state index in [1.807, 2.05) is 6.07 Å². The van der Waals surface area contributed by atoms with Gasteiger partial charge in [0.1, 0.15) is 12.3 Å². The number of ether oxygens (including phenoxy) is 1. The van der Waals surface area contributed by atoms with E-state index in [0.717, 1.165) is 10.2 Å². The molecule has 0 saturated carbocycles. The Labute approximate surface area is 170 Å². The first-order chi connectivity index (χ1) is 14.0. The fourth-order valence-corrected chi connectivity index (χ4v) is 3.86. The third kappa shape index (κ3) is 4.04. The number of carbonyl (C=O) groups is 3. The van der Waals surface area contributed by atoms with Crippen LogP contribution in [0.1, 0.15) is 13.3 Å². The van der Waals surface area contributed by atoms with Gasteiger partial charge in [0.15, 0.2) is 11.7 Å². The van der Waals surface area contributed by atoms with Crippen LogP contribution in [0.4, 0.5) is 16.5 Å². The topological polar surface area (TPSA) is 101 Å². The average Bonchev–Trinajstić information content (AvgIpc) is 3.11. The second-order valence-electron chi connectivity index (χ2n) is 6.39.